The minimum absolute atomic E-state index is 0.0901. The van der Waals surface area contributed by atoms with Gasteiger partial charge in [0.1, 0.15) is 0 Å². The van der Waals surface area contributed by atoms with E-state index in [1.54, 1.807) is 6.07 Å². The lowest BCUT2D eigenvalue weighted by atomic mass is 10.1. The van der Waals surface area contributed by atoms with Crippen LogP contribution in [0.25, 0.3) is 0 Å². The lowest BCUT2D eigenvalue weighted by Crippen LogP contribution is -2.24. The van der Waals surface area contributed by atoms with E-state index < -0.39 is 16.0 Å². The Bertz CT molecular complexity index is 806. The van der Waals surface area contributed by atoms with E-state index in [-0.39, 0.29) is 17.0 Å². The number of rotatable bonds is 7. The number of ether oxygens (including phenoxy) is 1. The van der Waals surface area contributed by atoms with E-state index in [0.29, 0.717) is 11.3 Å². The van der Waals surface area contributed by atoms with Crippen molar-refractivity contribution in [1.82, 2.24) is 5.43 Å². The van der Waals surface area contributed by atoms with Crippen LogP contribution in [-0.4, -0.2) is 28.3 Å². The van der Waals surface area contributed by atoms with E-state index in [1.165, 1.54) is 49.7 Å². The minimum atomic E-state index is -1.37. The van der Waals surface area contributed by atoms with Gasteiger partial charge in [-0.25, -0.2) is 5.43 Å². The molecule has 0 heterocycles. The topological polar surface area (TPSA) is 140 Å². The van der Waals surface area contributed by atoms with Gasteiger partial charge in [-0.2, -0.15) is 5.10 Å². The summed E-state index contributed by atoms with van der Waals surface area (Å²) in [6, 6.07) is 9.45. The van der Waals surface area contributed by atoms with Gasteiger partial charge in [-0.15, -0.1) is 0 Å². The molecular formula is C15H14N4O6. The highest BCUT2D eigenvalue weighted by Crippen LogP contribution is 2.25. The van der Waals surface area contributed by atoms with Crippen LogP contribution in [0.5, 0.6) is 11.5 Å². The molecule has 10 nitrogen and oxygen atoms in total. The number of non-ortho nitro benzene ring substituents is 1. The quantitative estimate of drug-likeness (QED) is 0.339. The number of phenols is 1. The maximum Gasteiger partial charge on any atom is 0.324 e. The molecule has 2 aromatic carbocycles. The highest BCUT2D eigenvalue weighted by molar-refractivity contribution is 5.80. The fourth-order valence-electron chi connectivity index (χ4n) is 1.99. The zero-order valence-corrected chi connectivity index (χ0v) is 13.0. The van der Waals surface area contributed by atoms with E-state index in [4.69, 9.17) is 4.74 Å². The van der Waals surface area contributed by atoms with Crippen molar-refractivity contribution < 1.29 is 19.7 Å². The first-order chi connectivity index (χ1) is 11.9. The molecule has 10 heteroatoms. The molecule has 2 rings (SSSR count). The van der Waals surface area contributed by atoms with Crippen LogP contribution in [0.1, 0.15) is 17.3 Å². The van der Waals surface area contributed by atoms with Crippen molar-refractivity contribution in [3.05, 3.63) is 73.8 Å². The number of hydrogen-bond acceptors (Lipinski definition) is 8. The maximum absolute atomic E-state index is 11.2. The number of hydrogen-bond donors (Lipinski definition) is 2. The van der Waals surface area contributed by atoms with Crippen molar-refractivity contribution in [3.63, 3.8) is 0 Å². The molecule has 0 bridgehead atoms. The van der Waals surface area contributed by atoms with Crippen LogP contribution in [0.15, 0.2) is 47.6 Å². The molecule has 0 fully saturated rings. The molecule has 0 aliphatic carbocycles. The van der Waals surface area contributed by atoms with E-state index in [1.807, 2.05) is 0 Å². The summed E-state index contributed by atoms with van der Waals surface area (Å²) in [5, 5.41) is 35.3. The first kappa shape index (κ1) is 17.7. The molecule has 0 aliphatic heterocycles. The summed E-state index contributed by atoms with van der Waals surface area (Å²) in [7, 11) is 1.41. The minimum Gasteiger partial charge on any atom is -0.504 e. The summed E-state index contributed by atoms with van der Waals surface area (Å²) in [5.74, 6) is 0.201. The van der Waals surface area contributed by atoms with Crippen molar-refractivity contribution in [3.8, 4) is 11.5 Å². The molecule has 0 aliphatic rings. The second-order valence-corrected chi connectivity index (χ2v) is 4.86. The zero-order chi connectivity index (χ0) is 18.4. The number of benzene rings is 2. The third-order valence-electron chi connectivity index (χ3n) is 3.24. The van der Waals surface area contributed by atoms with Crippen molar-refractivity contribution >= 4 is 11.9 Å². The number of nitro benzene ring substituents is 1. The number of hydrazone groups is 1. The number of nitro groups is 2. The zero-order valence-electron chi connectivity index (χ0n) is 13.0. The highest BCUT2D eigenvalue weighted by atomic mass is 16.6. The second-order valence-electron chi connectivity index (χ2n) is 4.86. The molecule has 0 radical (unpaired) electrons. The molecule has 0 saturated carbocycles. The van der Waals surface area contributed by atoms with Crippen molar-refractivity contribution in [1.29, 1.82) is 0 Å². The van der Waals surface area contributed by atoms with Gasteiger partial charge in [0.2, 0.25) is 0 Å². The van der Waals surface area contributed by atoms with E-state index in [2.05, 4.69) is 10.5 Å². The third kappa shape index (κ3) is 4.41. The average Bonchev–Trinajstić information content (AvgIpc) is 2.58. The van der Waals surface area contributed by atoms with Crippen LogP contribution in [0.4, 0.5) is 5.69 Å². The van der Waals surface area contributed by atoms with Gasteiger partial charge in [-0.05, 0) is 35.9 Å². The molecule has 0 saturated heterocycles. The molecule has 25 heavy (non-hydrogen) atoms. The molecule has 130 valence electrons. The number of phenolic OH excluding ortho intramolecular Hbond substituents is 1. The first-order valence-corrected chi connectivity index (χ1v) is 6.96. The smallest absolute Gasteiger partial charge is 0.324 e. The van der Waals surface area contributed by atoms with Gasteiger partial charge in [-0.1, -0.05) is 0 Å². The predicted octanol–water partition coefficient (Wildman–Crippen LogP) is 2.21. The molecular weight excluding hydrogens is 332 g/mol. The van der Waals surface area contributed by atoms with E-state index in [0.717, 1.165) is 0 Å². The maximum atomic E-state index is 11.2. The summed E-state index contributed by atoms with van der Waals surface area (Å²) in [6.45, 7) is 0. The Balaban J connectivity index is 2.12. The molecule has 1 unspecified atom stereocenters. The van der Waals surface area contributed by atoms with Crippen LogP contribution in [0.3, 0.4) is 0 Å². The lowest BCUT2D eigenvalue weighted by Gasteiger charge is -2.09. The van der Waals surface area contributed by atoms with Crippen LogP contribution in [0.2, 0.25) is 0 Å². The molecule has 0 aromatic heterocycles. The van der Waals surface area contributed by atoms with E-state index >= 15 is 0 Å². The average molecular weight is 346 g/mol. The SMILES string of the molecule is COc1ccc(/C=N\NC(c2ccc([N+](=O)[O-])cc2)[N+](=O)[O-])cc1O. The number of nitrogens with zero attached hydrogens (tertiary/aromatic N) is 3. The molecule has 1 atom stereocenters. The van der Waals surface area contributed by atoms with Crippen molar-refractivity contribution in [2.75, 3.05) is 7.11 Å². The Labute approximate surface area is 141 Å². The third-order valence-corrected chi connectivity index (χ3v) is 3.24. The number of aromatic hydroxyl groups is 1. The van der Waals surface area contributed by atoms with Crippen LogP contribution < -0.4 is 10.2 Å². The Morgan fingerprint density at radius 2 is 1.88 bits per heavy atom. The number of methoxy groups -OCH3 is 1. The lowest BCUT2D eigenvalue weighted by molar-refractivity contribution is -0.536. The summed E-state index contributed by atoms with van der Waals surface area (Å²) in [5.41, 5.74) is 2.91. The van der Waals surface area contributed by atoms with Gasteiger partial charge in [0.05, 0.1) is 23.2 Å². The summed E-state index contributed by atoms with van der Waals surface area (Å²) in [4.78, 5) is 20.6. The van der Waals surface area contributed by atoms with Gasteiger partial charge < -0.3 is 9.84 Å². The van der Waals surface area contributed by atoms with Gasteiger partial charge in [0, 0.05) is 17.7 Å². The summed E-state index contributed by atoms with van der Waals surface area (Å²) >= 11 is 0. The Morgan fingerprint density at radius 3 is 2.40 bits per heavy atom. The molecule has 2 aromatic rings. The summed E-state index contributed by atoms with van der Waals surface area (Å²) in [6.07, 6.45) is -0.0787. The van der Waals surface area contributed by atoms with Gasteiger partial charge in [0.25, 0.3) is 5.69 Å². The highest BCUT2D eigenvalue weighted by Gasteiger charge is 2.22. The second kappa shape index (κ2) is 7.73. The van der Waals surface area contributed by atoms with Crippen LogP contribution in [0, 0.1) is 20.2 Å². The van der Waals surface area contributed by atoms with Crippen LogP contribution >= 0.6 is 0 Å². The summed E-state index contributed by atoms with van der Waals surface area (Å²) < 4.78 is 4.91. The van der Waals surface area contributed by atoms with Gasteiger partial charge in [-0.3, -0.25) is 20.2 Å². The Kier molecular flexibility index (Phi) is 5.46. The predicted molar refractivity (Wildman–Crippen MR) is 88.2 cm³/mol. The fourth-order valence-corrected chi connectivity index (χ4v) is 1.99. The molecule has 0 amide bonds. The molecule has 0 spiro atoms. The van der Waals surface area contributed by atoms with Gasteiger partial charge >= 0.3 is 6.17 Å². The Hall–Kier alpha value is -3.69. The van der Waals surface area contributed by atoms with Crippen molar-refractivity contribution in [2.24, 2.45) is 5.10 Å². The first-order valence-electron chi connectivity index (χ1n) is 6.96. The van der Waals surface area contributed by atoms with Gasteiger partial charge in [0.15, 0.2) is 11.5 Å². The van der Waals surface area contributed by atoms with Crippen LogP contribution in [-0.2, 0) is 0 Å². The molecule has 2 N–H and O–H groups in total. The Morgan fingerprint density at radius 1 is 1.20 bits per heavy atom. The van der Waals surface area contributed by atoms with E-state index in [9.17, 15) is 25.3 Å². The fraction of sp³-hybridized carbons (Fsp3) is 0.133. The monoisotopic (exact) mass is 346 g/mol. The number of nitrogens with one attached hydrogen (secondary N) is 1. The normalized spacial score (nSPS) is 11.9. The standard InChI is InChI=1S/C15H14N4O6/c1-25-14-7-2-10(8-13(14)20)9-16-17-15(19(23)24)11-3-5-12(6-4-11)18(21)22/h2-9,15,17,20H,1H3/b16-9-. The van der Waals surface area contributed by atoms with Crippen molar-refractivity contribution in [2.45, 2.75) is 6.17 Å². The largest absolute Gasteiger partial charge is 0.504 e.